The summed E-state index contributed by atoms with van der Waals surface area (Å²) in [6, 6.07) is 0.681. The fourth-order valence-electron chi connectivity index (χ4n) is 2.32. The lowest BCUT2D eigenvalue weighted by molar-refractivity contribution is -0.0379. The van der Waals surface area contributed by atoms with Gasteiger partial charge in [0.05, 0.1) is 6.10 Å². The minimum absolute atomic E-state index is 0.00921. The quantitative estimate of drug-likeness (QED) is 0.530. The molecule has 2 nitrogen and oxygen atoms in total. The van der Waals surface area contributed by atoms with Crippen molar-refractivity contribution in [3.05, 3.63) is 0 Å². The molecule has 2 unspecified atom stereocenters. The molecule has 0 aromatic carbocycles. The second-order valence-corrected chi connectivity index (χ2v) is 3.73. The molecule has 0 aromatic heterocycles. The molecule has 1 saturated carbocycles. The Bertz CT molecular complexity index is 121. The predicted octanol–water partition coefficient (Wildman–Crippen LogP) is 0.461. The van der Waals surface area contributed by atoms with E-state index >= 15 is 0 Å². The van der Waals surface area contributed by atoms with Gasteiger partial charge in [-0.2, -0.15) is 0 Å². The predicted molar refractivity (Wildman–Crippen MR) is 39.8 cm³/mol. The van der Waals surface area contributed by atoms with Crippen LogP contribution in [0, 0.1) is 5.92 Å². The van der Waals surface area contributed by atoms with E-state index in [0.717, 1.165) is 13.0 Å². The third-order valence-electron chi connectivity index (χ3n) is 3.07. The van der Waals surface area contributed by atoms with Gasteiger partial charge in [-0.25, -0.2) is 0 Å². The summed E-state index contributed by atoms with van der Waals surface area (Å²) in [5.41, 5.74) is 0. The summed E-state index contributed by atoms with van der Waals surface area (Å²) in [4.78, 5) is 2.39. The average molecular weight is 141 g/mol. The highest BCUT2D eigenvalue weighted by atomic mass is 16.3. The van der Waals surface area contributed by atoms with Crippen LogP contribution in [0.4, 0.5) is 0 Å². The van der Waals surface area contributed by atoms with Gasteiger partial charge in [0.2, 0.25) is 0 Å². The van der Waals surface area contributed by atoms with E-state index in [2.05, 4.69) is 11.9 Å². The average Bonchev–Trinajstić information content (AvgIpc) is 1.91. The van der Waals surface area contributed by atoms with E-state index in [4.69, 9.17) is 0 Å². The molecule has 2 bridgehead atoms. The molecule has 3 rings (SSSR count). The second-order valence-electron chi connectivity index (χ2n) is 3.73. The van der Waals surface area contributed by atoms with Crippen molar-refractivity contribution in [1.29, 1.82) is 0 Å². The van der Waals surface area contributed by atoms with Gasteiger partial charge in [-0.05, 0) is 32.2 Å². The molecule has 3 fully saturated rings. The molecule has 0 amide bonds. The lowest BCUT2D eigenvalue weighted by Crippen LogP contribution is -2.52. The molecule has 1 N–H and O–H groups in total. The molecule has 0 aromatic rings. The highest BCUT2D eigenvalue weighted by Gasteiger charge is 2.37. The summed E-state index contributed by atoms with van der Waals surface area (Å²) in [6.07, 6.45) is 3.57. The summed E-state index contributed by atoms with van der Waals surface area (Å²) in [5, 5.41) is 9.49. The van der Waals surface area contributed by atoms with Crippen LogP contribution in [0.3, 0.4) is 0 Å². The number of fused-ring (bicyclic) bond motifs is 3. The zero-order valence-electron chi connectivity index (χ0n) is 6.45. The Morgan fingerprint density at radius 1 is 1.40 bits per heavy atom. The molecule has 2 saturated heterocycles. The first-order valence-electron chi connectivity index (χ1n) is 4.15. The first-order valence-corrected chi connectivity index (χ1v) is 4.15. The number of hydrogen-bond acceptors (Lipinski definition) is 2. The van der Waals surface area contributed by atoms with Crippen molar-refractivity contribution in [2.24, 2.45) is 5.92 Å². The van der Waals surface area contributed by atoms with Crippen LogP contribution >= 0.6 is 0 Å². The molecule has 10 heavy (non-hydrogen) atoms. The third-order valence-corrected chi connectivity index (χ3v) is 3.07. The summed E-state index contributed by atoms with van der Waals surface area (Å²) < 4.78 is 0. The standard InChI is InChI=1S/C8H15NO/c1-9-5-6-2-3-7(9)4-8(6)10/h6-8,10H,2-5H2,1H3/t6?,7?,8-/m0/s1. The van der Waals surface area contributed by atoms with Gasteiger partial charge in [-0.1, -0.05) is 0 Å². The van der Waals surface area contributed by atoms with Gasteiger partial charge in [-0.3, -0.25) is 0 Å². The maximum absolute atomic E-state index is 9.49. The molecule has 2 heterocycles. The van der Waals surface area contributed by atoms with E-state index in [0.29, 0.717) is 12.0 Å². The van der Waals surface area contributed by atoms with Gasteiger partial charge in [0.15, 0.2) is 0 Å². The van der Waals surface area contributed by atoms with Crippen molar-refractivity contribution >= 4 is 0 Å². The first kappa shape index (κ1) is 6.62. The Balaban J connectivity index is 2.09. The molecule has 0 spiro atoms. The van der Waals surface area contributed by atoms with Crippen molar-refractivity contribution < 1.29 is 5.11 Å². The Morgan fingerprint density at radius 2 is 2.20 bits per heavy atom. The summed E-state index contributed by atoms with van der Waals surface area (Å²) in [5.74, 6) is 0.579. The second kappa shape index (κ2) is 2.21. The van der Waals surface area contributed by atoms with Gasteiger partial charge >= 0.3 is 0 Å². The fourth-order valence-corrected chi connectivity index (χ4v) is 2.32. The van der Waals surface area contributed by atoms with Crippen LogP contribution in [0.2, 0.25) is 0 Å². The Labute approximate surface area is 61.8 Å². The molecular weight excluding hydrogens is 126 g/mol. The number of rotatable bonds is 0. The van der Waals surface area contributed by atoms with Crippen molar-refractivity contribution in [3.63, 3.8) is 0 Å². The molecular formula is C8H15NO. The molecule has 58 valence electrons. The largest absolute Gasteiger partial charge is 0.393 e. The summed E-state index contributed by atoms with van der Waals surface area (Å²) in [6.45, 7) is 1.12. The number of piperidine rings is 2. The SMILES string of the molecule is CN1CC2CCC1C[C@@H]2O. The minimum atomic E-state index is 0.00921. The van der Waals surface area contributed by atoms with Crippen molar-refractivity contribution in [1.82, 2.24) is 4.90 Å². The molecule has 3 atom stereocenters. The maximum Gasteiger partial charge on any atom is 0.0595 e. The van der Waals surface area contributed by atoms with E-state index in [1.165, 1.54) is 12.8 Å². The first-order chi connectivity index (χ1) is 4.77. The van der Waals surface area contributed by atoms with E-state index in [1.54, 1.807) is 0 Å². The Hall–Kier alpha value is -0.0800. The van der Waals surface area contributed by atoms with Crippen LogP contribution in [-0.2, 0) is 0 Å². The number of aliphatic hydroxyl groups excluding tert-OH is 1. The van der Waals surface area contributed by atoms with Crippen LogP contribution in [0.15, 0.2) is 0 Å². The topological polar surface area (TPSA) is 23.5 Å². The Morgan fingerprint density at radius 3 is 2.50 bits per heavy atom. The van der Waals surface area contributed by atoms with Crippen molar-refractivity contribution in [2.45, 2.75) is 31.4 Å². The monoisotopic (exact) mass is 141 g/mol. The van der Waals surface area contributed by atoms with Crippen molar-refractivity contribution in [3.8, 4) is 0 Å². The minimum Gasteiger partial charge on any atom is -0.393 e. The van der Waals surface area contributed by atoms with Gasteiger partial charge in [0.1, 0.15) is 0 Å². The smallest absolute Gasteiger partial charge is 0.0595 e. The van der Waals surface area contributed by atoms with E-state index in [-0.39, 0.29) is 6.10 Å². The fraction of sp³-hybridized carbons (Fsp3) is 1.00. The van der Waals surface area contributed by atoms with Crippen LogP contribution in [0.5, 0.6) is 0 Å². The highest BCUT2D eigenvalue weighted by Crippen LogP contribution is 2.33. The van der Waals surface area contributed by atoms with E-state index < -0.39 is 0 Å². The van der Waals surface area contributed by atoms with Crippen molar-refractivity contribution in [2.75, 3.05) is 13.6 Å². The summed E-state index contributed by atoms with van der Waals surface area (Å²) in [7, 11) is 2.17. The highest BCUT2D eigenvalue weighted by molar-refractivity contribution is 4.91. The van der Waals surface area contributed by atoms with E-state index in [9.17, 15) is 5.11 Å². The lowest BCUT2D eigenvalue weighted by Gasteiger charge is -2.46. The van der Waals surface area contributed by atoms with Gasteiger partial charge in [0.25, 0.3) is 0 Å². The number of aliphatic hydroxyl groups is 1. The zero-order valence-corrected chi connectivity index (χ0v) is 6.45. The van der Waals surface area contributed by atoms with Gasteiger partial charge in [0, 0.05) is 12.6 Å². The van der Waals surface area contributed by atoms with Crippen LogP contribution in [0.1, 0.15) is 19.3 Å². The van der Waals surface area contributed by atoms with Crippen LogP contribution in [0.25, 0.3) is 0 Å². The molecule has 1 aliphatic carbocycles. The molecule has 0 radical (unpaired) electrons. The summed E-state index contributed by atoms with van der Waals surface area (Å²) >= 11 is 0. The Kier molecular flexibility index (Phi) is 1.46. The normalized spacial score (nSPS) is 48.0. The molecule has 2 heteroatoms. The van der Waals surface area contributed by atoms with Gasteiger partial charge in [-0.15, -0.1) is 0 Å². The lowest BCUT2D eigenvalue weighted by atomic mass is 9.78. The number of hydrogen-bond donors (Lipinski definition) is 1. The molecule has 2 aliphatic heterocycles. The zero-order chi connectivity index (χ0) is 7.14. The number of nitrogens with zero attached hydrogens (tertiary/aromatic N) is 1. The maximum atomic E-state index is 9.49. The van der Waals surface area contributed by atoms with Crippen LogP contribution in [-0.4, -0.2) is 35.7 Å². The van der Waals surface area contributed by atoms with Gasteiger partial charge < -0.3 is 10.0 Å². The van der Waals surface area contributed by atoms with E-state index in [1.807, 2.05) is 0 Å². The van der Waals surface area contributed by atoms with Crippen LogP contribution < -0.4 is 0 Å². The third kappa shape index (κ3) is 0.867. The molecule has 3 aliphatic rings.